The fourth-order valence-corrected chi connectivity index (χ4v) is 6.35. The molecular formula is C25H56NO3Si+. The summed E-state index contributed by atoms with van der Waals surface area (Å²) >= 11 is 0. The fraction of sp³-hybridized carbons (Fsp3) is 1.00. The van der Waals surface area contributed by atoms with Crippen molar-refractivity contribution in [2.24, 2.45) is 0 Å². The lowest BCUT2D eigenvalue weighted by Crippen LogP contribution is -2.50. The van der Waals surface area contributed by atoms with Crippen LogP contribution in [0.15, 0.2) is 0 Å². The van der Waals surface area contributed by atoms with Gasteiger partial charge >= 0.3 is 8.80 Å². The average molecular weight is 447 g/mol. The largest absolute Gasteiger partial charge is 0.500 e. The zero-order valence-electron chi connectivity index (χ0n) is 21.6. The second-order valence-corrected chi connectivity index (χ2v) is 12.3. The van der Waals surface area contributed by atoms with Crippen molar-refractivity contribution in [2.45, 2.75) is 117 Å². The van der Waals surface area contributed by atoms with Crippen LogP contribution < -0.4 is 0 Å². The first kappa shape index (κ1) is 30.1. The SMILES string of the molecule is CCCC[N+](CCCC)(CCCC)CCCCCCCCCC[Si](OC)(OC)OC. The summed E-state index contributed by atoms with van der Waals surface area (Å²) in [4.78, 5) is 0. The van der Waals surface area contributed by atoms with Crippen LogP contribution in [0.5, 0.6) is 0 Å². The highest BCUT2D eigenvalue weighted by Gasteiger charge is 2.36. The van der Waals surface area contributed by atoms with Crippen molar-refractivity contribution in [3.63, 3.8) is 0 Å². The molecule has 0 spiro atoms. The summed E-state index contributed by atoms with van der Waals surface area (Å²) in [5.41, 5.74) is 0. The Balaban J connectivity index is 4.04. The first-order valence-electron chi connectivity index (χ1n) is 13.1. The molecule has 0 rings (SSSR count). The molecule has 0 fully saturated rings. The second-order valence-electron chi connectivity index (χ2n) is 9.17. The average Bonchev–Trinajstić information content (AvgIpc) is 2.78. The van der Waals surface area contributed by atoms with Crippen LogP contribution in [0.25, 0.3) is 0 Å². The van der Waals surface area contributed by atoms with Gasteiger partial charge in [-0.3, -0.25) is 0 Å². The van der Waals surface area contributed by atoms with Crippen molar-refractivity contribution in [2.75, 3.05) is 47.5 Å². The summed E-state index contributed by atoms with van der Waals surface area (Å²) in [7, 11) is 2.77. The number of unbranched alkanes of at least 4 members (excludes halogenated alkanes) is 10. The summed E-state index contributed by atoms with van der Waals surface area (Å²) in [5.74, 6) is 0. The normalized spacial score (nSPS) is 12.6. The molecule has 0 saturated carbocycles. The zero-order valence-corrected chi connectivity index (χ0v) is 22.6. The first-order valence-corrected chi connectivity index (χ1v) is 15.0. The molecule has 0 N–H and O–H groups in total. The Bertz CT molecular complexity index is 334. The van der Waals surface area contributed by atoms with Gasteiger partial charge < -0.3 is 17.8 Å². The van der Waals surface area contributed by atoms with Gasteiger partial charge in [0.15, 0.2) is 0 Å². The van der Waals surface area contributed by atoms with E-state index < -0.39 is 8.80 Å². The summed E-state index contributed by atoms with van der Waals surface area (Å²) in [6.07, 6.45) is 18.9. The van der Waals surface area contributed by atoms with Gasteiger partial charge in [-0.05, 0) is 38.5 Å². The van der Waals surface area contributed by atoms with Gasteiger partial charge in [0.25, 0.3) is 0 Å². The van der Waals surface area contributed by atoms with E-state index in [1.165, 1.54) is 114 Å². The standard InChI is InChI=1S/C25H56NO3Si/c1-7-10-21-26(22-11-8-2,23-12-9-3)24-19-17-15-13-14-16-18-20-25-30(27-4,28-5)29-6/h7-25H2,1-6H3/q+1. The van der Waals surface area contributed by atoms with Crippen LogP contribution in [-0.4, -0.2) is 60.8 Å². The van der Waals surface area contributed by atoms with Gasteiger partial charge in [-0.1, -0.05) is 72.1 Å². The van der Waals surface area contributed by atoms with Gasteiger partial charge in [-0.15, -0.1) is 0 Å². The van der Waals surface area contributed by atoms with E-state index in [9.17, 15) is 0 Å². The first-order chi connectivity index (χ1) is 14.6. The molecule has 5 heteroatoms. The molecule has 0 aliphatic carbocycles. The third-order valence-electron chi connectivity index (χ3n) is 6.76. The van der Waals surface area contributed by atoms with E-state index in [2.05, 4.69) is 20.8 Å². The predicted octanol–water partition coefficient (Wildman–Crippen LogP) is 7.20. The van der Waals surface area contributed by atoms with Gasteiger partial charge in [0.2, 0.25) is 0 Å². The van der Waals surface area contributed by atoms with Crippen LogP contribution in [0.3, 0.4) is 0 Å². The van der Waals surface area contributed by atoms with Crippen LogP contribution in [0.1, 0.15) is 111 Å². The van der Waals surface area contributed by atoms with E-state index in [4.69, 9.17) is 13.3 Å². The van der Waals surface area contributed by atoms with E-state index in [1.54, 1.807) is 21.3 Å². The molecule has 0 aromatic heterocycles. The molecule has 30 heavy (non-hydrogen) atoms. The molecule has 0 atom stereocenters. The Morgan fingerprint density at radius 1 is 0.467 bits per heavy atom. The number of hydrogen-bond acceptors (Lipinski definition) is 3. The molecule has 0 aromatic carbocycles. The number of nitrogens with zero attached hydrogens (tertiary/aromatic N) is 1. The summed E-state index contributed by atoms with van der Waals surface area (Å²) in [6, 6.07) is 0.934. The maximum absolute atomic E-state index is 5.50. The lowest BCUT2D eigenvalue weighted by molar-refractivity contribution is -0.929. The Labute approximate surface area is 191 Å². The van der Waals surface area contributed by atoms with Crippen LogP contribution >= 0.6 is 0 Å². The van der Waals surface area contributed by atoms with Crippen LogP contribution in [0.2, 0.25) is 6.04 Å². The Morgan fingerprint density at radius 2 is 0.800 bits per heavy atom. The fourth-order valence-electron chi connectivity index (χ4n) is 4.56. The van der Waals surface area contributed by atoms with Gasteiger partial charge in [-0.25, -0.2) is 0 Å². The Hall–Kier alpha value is 0.0569. The molecule has 182 valence electrons. The van der Waals surface area contributed by atoms with Gasteiger partial charge in [0, 0.05) is 27.4 Å². The summed E-state index contributed by atoms with van der Waals surface area (Å²) in [5, 5.41) is 0. The van der Waals surface area contributed by atoms with E-state index in [0.29, 0.717) is 0 Å². The van der Waals surface area contributed by atoms with Crippen molar-refractivity contribution in [3.05, 3.63) is 0 Å². The van der Waals surface area contributed by atoms with E-state index >= 15 is 0 Å². The summed E-state index contributed by atoms with van der Waals surface area (Å²) in [6.45, 7) is 12.7. The van der Waals surface area contributed by atoms with Crippen molar-refractivity contribution in [1.29, 1.82) is 0 Å². The quantitative estimate of drug-likeness (QED) is 0.0943. The molecule has 0 saturated heterocycles. The Kier molecular flexibility index (Phi) is 19.8. The molecule has 0 bridgehead atoms. The highest BCUT2D eigenvalue weighted by molar-refractivity contribution is 6.60. The number of hydrogen-bond donors (Lipinski definition) is 0. The van der Waals surface area contributed by atoms with Crippen LogP contribution in [-0.2, 0) is 13.3 Å². The van der Waals surface area contributed by atoms with E-state index in [-0.39, 0.29) is 0 Å². The van der Waals surface area contributed by atoms with Crippen molar-refractivity contribution in [3.8, 4) is 0 Å². The maximum Gasteiger partial charge on any atom is 0.500 e. The molecule has 0 aromatic rings. The Morgan fingerprint density at radius 3 is 1.17 bits per heavy atom. The predicted molar refractivity (Wildman–Crippen MR) is 133 cm³/mol. The molecule has 4 nitrogen and oxygen atoms in total. The second kappa shape index (κ2) is 19.7. The van der Waals surface area contributed by atoms with Crippen LogP contribution in [0, 0.1) is 0 Å². The molecule has 0 radical (unpaired) electrons. The minimum atomic E-state index is -2.35. The molecule has 0 heterocycles. The van der Waals surface area contributed by atoms with Gasteiger partial charge in [0.05, 0.1) is 26.2 Å². The summed E-state index contributed by atoms with van der Waals surface area (Å²) < 4.78 is 17.9. The van der Waals surface area contributed by atoms with Crippen molar-refractivity contribution in [1.82, 2.24) is 0 Å². The molecule has 0 aliphatic rings. The van der Waals surface area contributed by atoms with E-state index in [0.717, 1.165) is 12.5 Å². The van der Waals surface area contributed by atoms with Crippen molar-refractivity contribution >= 4 is 8.80 Å². The van der Waals surface area contributed by atoms with Gasteiger partial charge in [-0.2, -0.15) is 0 Å². The third kappa shape index (κ3) is 13.5. The third-order valence-corrected chi connectivity index (χ3v) is 9.59. The lowest BCUT2D eigenvalue weighted by atomic mass is 10.1. The highest BCUT2D eigenvalue weighted by atomic mass is 28.4. The number of rotatable bonds is 23. The zero-order chi connectivity index (χ0) is 22.6. The molecule has 0 aliphatic heterocycles. The van der Waals surface area contributed by atoms with E-state index in [1.807, 2.05) is 0 Å². The topological polar surface area (TPSA) is 27.7 Å². The van der Waals surface area contributed by atoms with Crippen LogP contribution in [0.4, 0.5) is 0 Å². The minimum absolute atomic E-state index is 0.934. The van der Waals surface area contributed by atoms with Crippen molar-refractivity contribution < 1.29 is 17.8 Å². The molecule has 0 amide bonds. The smallest absolute Gasteiger partial charge is 0.377 e. The highest BCUT2D eigenvalue weighted by Crippen LogP contribution is 2.20. The molecule has 0 unspecified atom stereocenters. The maximum atomic E-state index is 5.50. The lowest BCUT2D eigenvalue weighted by Gasteiger charge is -2.39. The number of quaternary nitrogens is 1. The molecular weight excluding hydrogens is 390 g/mol. The minimum Gasteiger partial charge on any atom is -0.377 e. The monoisotopic (exact) mass is 446 g/mol. The van der Waals surface area contributed by atoms with Gasteiger partial charge in [0.1, 0.15) is 0 Å².